The van der Waals surface area contributed by atoms with Crippen molar-refractivity contribution in [2.45, 2.75) is 46.1 Å². The fourth-order valence-corrected chi connectivity index (χ4v) is 5.26. The van der Waals surface area contributed by atoms with Crippen LogP contribution in [0.15, 0.2) is 29.3 Å². The second-order valence-corrected chi connectivity index (χ2v) is 9.28. The molecule has 3 fully saturated rings. The Hall–Kier alpha value is -2.21. The molecule has 0 spiro atoms. The van der Waals surface area contributed by atoms with E-state index >= 15 is 0 Å². The van der Waals surface area contributed by atoms with E-state index in [1.807, 2.05) is 0 Å². The molecule has 1 aliphatic heterocycles. The number of hydrogen-bond acceptors (Lipinski definition) is 4. The first-order valence-electron chi connectivity index (χ1n) is 9.63. The van der Waals surface area contributed by atoms with Gasteiger partial charge in [0.15, 0.2) is 5.92 Å². The third-order valence-electron chi connectivity index (χ3n) is 7.45. The minimum absolute atomic E-state index is 0.0635. The number of halogens is 1. The molecule has 2 saturated carbocycles. The average Bonchev–Trinajstić information content (AvgIpc) is 2.96. The number of fused-ring (bicyclic) bond motifs is 2. The number of rotatable bonds is 3. The van der Waals surface area contributed by atoms with Crippen LogP contribution < -0.4 is 10.2 Å². The second-order valence-electron chi connectivity index (χ2n) is 8.85. The van der Waals surface area contributed by atoms with Crippen molar-refractivity contribution >= 4 is 41.3 Å². The molecule has 0 aromatic heterocycles. The van der Waals surface area contributed by atoms with Crippen LogP contribution in [0, 0.1) is 22.7 Å². The van der Waals surface area contributed by atoms with Crippen LogP contribution in [-0.4, -0.2) is 30.1 Å². The molecular formula is C21H24ClN3O3. The van der Waals surface area contributed by atoms with E-state index in [0.717, 1.165) is 17.7 Å². The van der Waals surface area contributed by atoms with Gasteiger partial charge in [0.1, 0.15) is 0 Å². The minimum atomic E-state index is -1.11. The van der Waals surface area contributed by atoms with Crippen molar-refractivity contribution in [3.8, 4) is 0 Å². The van der Waals surface area contributed by atoms with E-state index in [1.165, 1.54) is 12.6 Å². The van der Waals surface area contributed by atoms with E-state index in [4.69, 9.17) is 16.6 Å². The summed E-state index contributed by atoms with van der Waals surface area (Å²) < 4.78 is 0. The van der Waals surface area contributed by atoms with Crippen LogP contribution in [0.2, 0.25) is 5.02 Å². The summed E-state index contributed by atoms with van der Waals surface area (Å²) in [5, 5.41) is 2.76. The van der Waals surface area contributed by atoms with E-state index in [9.17, 15) is 14.4 Å². The first-order valence-corrected chi connectivity index (χ1v) is 10.0. The fraction of sp³-hybridized carbons (Fsp3) is 0.524. The average molecular weight is 402 g/mol. The van der Waals surface area contributed by atoms with Crippen molar-refractivity contribution in [3.05, 3.63) is 29.3 Å². The monoisotopic (exact) mass is 401 g/mol. The van der Waals surface area contributed by atoms with E-state index in [0.29, 0.717) is 16.6 Å². The number of amides is 4. The highest BCUT2D eigenvalue weighted by atomic mass is 35.5. The SMILES string of the molecule is CC1(C)[C@@H]2CC[C@@]1(C)[C@H](N=CC1C(=O)NC(=O)N(c3ccc(Cl)cc3)C1=O)C2. The summed E-state index contributed by atoms with van der Waals surface area (Å²) in [6.45, 7) is 6.84. The smallest absolute Gasteiger partial charge is 0.292 e. The third kappa shape index (κ3) is 2.69. The van der Waals surface area contributed by atoms with E-state index in [1.54, 1.807) is 24.3 Å². The van der Waals surface area contributed by atoms with E-state index in [2.05, 4.69) is 26.1 Å². The quantitative estimate of drug-likeness (QED) is 0.617. The number of imide groups is 2. The molecule has 148 valence electrons. The molecule has 4 amide bonds. The Kier molecular flexibility index (Phi) is 4.38. The molecule has 1 N–H and O–H groups in total. The van der Waals surface area contributed by atoms with Gasteiger partial charge in [-0.05, 0) is 60.3 Å². The van der Waals surface area contributed by atoms with Crippen molar-refractivity contribution in [3.63, 3.8) is 0 Å². The number of barbiturate groups is 1. The van der Waals surface area contributed by atoms with Crippen LogP contribution in [0.25, 0.3) is 0 Å². The summed E-state index contributed by atoms with van der Waals surface area (Å²) in [5.41, 5.74) is 0.624. The Morgan fingerprint density at radius 3 is 2.43 bits per heavy atom. The number of carbonyl (C=O) groups excluding carboxylic acids is 3. The zero-order valence-electron chi connectivity index (χ0n) is 16.2. The molecule has 1 heterocycles. The summed E-state index contributed by atoms with van der Waals surface area (Å²) in [6.07, 6.45) is 4.73. The van der Waals surface area contributed by atoms with Gasteiger partial charge in [-0.1, -0.05) is 32.4 Å². The second kappa shape index (κ2) is 6.41. The van der Waals surface area contributed by atoms with Crippen LogP contribution in [0.4, 0.5) is 10.5 Å². The zero-order valence-corrected chi connectivity index (χ0v) is 17.0. The Labute approximate surface area is 169 Å². The third-order valence-corrected chi connectivity index (χ3v) is 7.70. The molecule has 1 aromatic rings. The molecule has 6 nitrogen and oxygen atoms in total. The fourth-order valence-electron chi connectivity index (χ4n) is 5.13. The Bertz CT molecular complexity index is 879. The lowest BCUT2D eigenvalue weighted by Gasteiger charge is -2.37. The van der Waals surface area contributed by atoms with Gasteiger partial charge in [0.25, 0.3) is 5.91 Å². The molecule has 4 atom stereocenters. The molecule has 1 saturated heterocycles. The number of hydrogen-bond donors (Lipinski definition) is 1. The van der Waals surface area contributed by atoms with Gasteiger partial charge in [0.2, 0.25) is 5.91 Å². The van der Waals surface area contributed by atoms with Crippen LogP contribution in [0.1, 0.15) is 40.0 Å². The summed E-state index contributed by atoms with van der Waals surface area (Å²) in [7, 11) is 0. The molecular weight excluding hydrogens is 378 g/mol. The molecule has 3 aliphatic rings. The predicted molar refractivity (Wildman–Crippen MR) is 107 cm³/mol. The first-order chi connectivity index (χ1) is 13.1. The summed E-state index contributed by atoms with van der Waals surface area (Å²) in [6, 6.07) is 5.66. The molecule has 1 aromatic carbocycles. The van der Waals surface area contributed by atoms with Gasteiger partial charge in [-0.25, -0.2) is 9.69 Å². The zero-order chi connectivity index (χ0) is 20.3. The maximum absolute atomic E-state index is 12.9. The lowest BCUT2D eigenvalue weighted by molar-refractivity contribution is -0.131. The van der Waals surface area contributed by atoms with Crippen molar-refractivity contribution in [1.29, 1.82) is 0 Å². The number of anilines is 1. The molecule has 4 rings (SSSR count). The highest BCUT2D eigenvalue weighted by molar-refractivity contribution is 6.33. The number of nitrogens with zero attached hydrogens (tertiary/aromatic N) is 2. The predicted octanol–water partition coefficient (Wildman–Crippen LogP) is 3.82. The summed E-state index contributed by atoms with van der Waals surface area (Å²) >= 11 is 5.89. The van der Waals surface area contributed by atoms with Crippen LogP contribution in [0.5, 0.6) is 0 Å². The molecule has 2 bridgehead atoms. The number of benzene rings is 1. The highest BCUT2D eigenvalue weighted by Crippen LogP contribution is 2.66. The van der Waals surface area contributed by atoms with Gasteiger partial charge >= 0.3 is 6.03 Å². The topological polar surface area (TPSA) is 78.8 Å². The number of aliphatic imine (C=N–C) groups is 1. The van der Waals surface area contributed by atoms with Crippen molar-refractivity contribution in [2.24, 2.45) is 27.7 Å². The van der Waals surface area contributed by atoms with Crippen molar-refractivity contribution < 1.29 is 14.4 Å². The van der Waals surface area contributed by atoms with Gasteiger partial charge in [-0.3, -0.25) is 19.9 Å². The van der Waals surface area contributed by atoms with Gasteiger partial charge in [0, 0.05) is 11.2 Å². The lowest BCUT2D eigenvalue weighted by Crippen LogP contribution is -2.58. The minimum Gasteiger partial charge on any atom is -0.292 e. The lowest BCUT2D eigenvalue weighted by atomic mass is 9.69. The molecule has 0 radical (unpaired) electrons. The summed E-state index contributed by atoms with van der Waals surface area (Å²) in [5.74, 6) is -1.72. The number of nitrogens with one attached hydrogen (secondary N) is 1. The number of carbonyl (C=O) groups is 3. The Morgan fingerprint density at radius 2 is 1.86 bits per heavy atom. The van der Waals surface area contributed by atoms with E-state index < -0.39 is 23.8 Å². The van der Waals surface area contributed by atoms with Crippen LogP contribution >= 0.6 is 11.6 Å². The van der Waals surface area contributed by atoms with Gasteiger partial charge in [-0.2, -0.15) is 0 Å². The highest BCUT2D eigenvalue weighted by Gasteiger charge is 2.61. The van der Waals surface area contributed by atoms with Crippen molar-refractivity contribution in [1.82, 2.24) is 5.32 Å². The number of urea groups is 1. The van der Waals surface area contributed by atoms with Gasteiger partial charge < -0.3 is 0 Å². The summed E-state index contributed by atoms with van der Waals surface area (Å²) in [4.78, 5) is 43.2. The Balaban J connectivity index is 1.58. The van der Waals surface area contributed by atoms with Crippen LogP contribution in [-0.2, 0) is 9.59 Å². The largest absolute Gasteiger partial charge is 0.335 e. The maximum Gasteiger partial charge on any atom is 0.335 e. The molecule has 7 heteroatoms. The standard InChI is InChI=1S/C21H24ClN3O3/c1-20(2)12-8-9-21(20,3)16(10-12)23-11-15-17(26)24-19(28)25(18(15)27)14-6-4-13(22)5-7-14/h4-7,11-12,15-16H,8-10H2,1-3H3,(H,24,26,28)/t12-,15?,16-,21+/m1/s1. The molecule has 28 heavy (non-hydrogen) atoms. The van der Waals surface area contributed by atoms with Gasteiger partial charge in [-0.15, -0.1) is 0 Å². The first kappa shape index (κ1) is 19.1. The van der Waals surface area contributed by atoms with Crippen LogP contribution in [0.3, 0.4) is 0 Å². The molecule has 2 aliphatic carbocycles. The van der Waals surface area contributed by atoms with E-state index in [-0.39, 0.29) is 16.9 Å². The Morgan fingerprint density at radius 1 is 1.18 bits per heavy atom. The maximum atomic E-state index is 12.9. The van der Waals surface area contributed by atoms with Gasteiger partial charge in [0.05, 0.1) is 11.7 Å². The van der Waals surface area contributed by atoms with Crippen molar-refractivity contribution in [2.75, 3.05) is 4.90 Å². The molecule has 1 unspecified atom stereocenters. The normalized spacial score (nSPS) is 34.4.